The Morgan fingerprint density at radius 2 is 1.81 bits per heavy atom. The van der Waals surface area contributed by atoms with Gasteiger partial charge in [-0.15, -0.1) is 12.4 Å². The molecule has 0 amide bonds. The molecule has 0 spiro atoms. The van der Waals surface area contributed by atoms with E-state index in [2.05, 4.69) is 0 Å². The average Bonchev–Trinajstić information content (AvgIpc) is 2.43. The van der Waals surface area contributed by atoms with Crippen LogP contribution in [0.3, 0.4) is 0 Å². The molecule has 4 N–H and O–H groups in total. The van der Waals surface area contributed by atoms with Crippen LogP contribution in [0.1, 0.15) is 22.7 Å². The van der Waals surface area contributed by atoms with E-state index in [1.807, 2.05) is 30.3 Å². The maximum atomic E-state index is 10.3. The Morgan fingerprint density at radius 1 is 1.19 bits per heavy atom. The molecule has 0 bridgehead atoms. The number of aliphatic hydroxyl groups is 1. The van der Waals surface area contributed by atoms with Gasteiger partial charge in [0.05, 0.1) is 12.1 Å². The van der Waals surface area contributed by atoms with Crippen molar-refractivity contribution >= 4 is 24.0 Å². The van der Waals surface area contributed by atoms with Crippen LogP contribution >= 0.6 is 24.0 Å². The Morgan fingerprint density at radius 3 is 2.43 bits per heavy atom. The van der Waals surface area contributed by atoms with E-state index in [0.717, 1.165) is 5.56 Å². The molecule has 114 valence electrons. The number of nitrogens with two attached hydrogens (primary N) is 1. The van der Waals surface area contributed by atoms with E-state index in [-0.39, 0.29) is 18.2 Å². The lowest BCUT2D eigenvalue weighted by Gasteiger charge is -2.21. The Bertz CT molecular complexity index is 590. The monoisotopic (exact) mass is 327 g/mol. The fourth-order valence-corrected chi connectivity index (χ4v) is 2.49. The highest BCUT2D eigenvalue weighted by Crippen LogP contribution is 2.32. The molecule has 0 fully saturated rings. The zero-order valence-corrected chi connectivity index (χ0v) is 13.2. The summed E-state index contributed by atoms with van der Waals surface area (Å²) in [6, 6.07) is 12.2. The molecule has 5 heteroatoms. The lowest BCUT2D eigenvalue weighted by Crippen LogP contribution is -2.28. The molecule has 0 saturated heterocycles. The zero-order chi connectivity index (χ0) is 14.7. The van der Waals surface area contributed by atoms with Gasteiger partial charge in [-0.2, -0.15) is 0 Å². The first-order valence-corrected chi connectivity index (χ1v) is 6.83. The normalized spacial score (nSPS) is 13.3. The predicted octanol–water partition coefficient (Wildman–Crippen LogP) is 3.38. The van der Waals surface area contributed by atoms with E-state index < -0.39 is 12.1 Å². The van der Waals surface area contributed by atoms with Crippen molar-refractivity contribution in [1.29, 1.82) is 0 Å². The van der Waals surface area contributed by atoms with E-state index in [0.29, 0.717) is 22.6 Å². The molecule has 2 rings (SSSR count). The number of benzene rings is 2. The molecule has 2 aromatic carbocycles. The SMILES string of the molecule is Cc1cc(Cl)cc([C@@H](N)[C@@H](O)Cc2ccccc2)c1O.Cl. The molecule has 2 atom stereocenters. The maximum Gasteiger partial charge on any atom is 0.123 e. The Balaban J connectivity index is 0.00000220. The van der Waals surface area contributed by atoms with Crippen molar-refractivity contribution in [2.45, 2.75) is 25.5 Å². The Hall–Kier alpha value is -1.26. The van der Waals surface area contributed by atoms with Crippen LogP contribution in [0, 0.1) is 6.92 Å². The van der Waals surface area contributed by atoms with Gasteiger partial charge in [0, 0.05) is 17.0 Å². The first-order chi connectivity index (χ1) is 9.49. The van der Waals surface area contributed by atoms with Crippen LogP contribution in [0.2, 0.25) is 5.02 Å². The van der Waals surface area contributed by atoms with Crippen LogP contribution in [-0.4, -0.2) is 16.3 Å². The number of phenolic OH excluding ortho intramolecular Hbond substituents is 1. The van der Waals surface area contributed by atoms with E-state index in [9.17, 15) is 10.2 Å². The number of rotatable bonds is 4. The number of aromatic hydroxyl groups is 1. The third-order valence-corrected chi connectivity index (χ3v) is 3.57. The average molecular weight is 328 g/mol. The van der Waals surface area contributed by atoms with Crippen molar-refractivity contribution in [3.8, 4) is 5.75 Å². The molecule has 0 aromatic heterocycles. The van der Waals surface area contributed by atoms with Crippen molar-refractivity contribution in [1.82, 2.24) is 0 Å². The third kappa shape index (κ3) is 4.35. The lowest BCUT2D eigenvalue weighted by atomic mass is 9.95. The highest BCUT2D eigenvalue weighted by Gasteiger charge is 2.21. The topological polar surface area (TPSA) is 66.5 Å². The zero-order valence-electron chi connectivity index (χ0n) is 11.7. The molecule has 0 aliphatic carbocycles. The molecule has 2 aromatic rings. The van der Waals surface area contributed by atoms with E-state index in [4.69, 9.17) is 17.3 Å². The number of hydrogen-bond donors (Lipinski definition) is 3. The fraction of sp³-hybridized carbons (Fsp3) is 0.250. The number of aryl methyl sites for hydroxylation is 1. The van der Waals surface area contributed by atoms with Crippen LogP contribution in [0.5, 0.6) is 5.75 Å². The van der Waals surface area contributed by atoms with Gasteiger partial charge in [0.1, 0.15) is 5.75 Å². The van der Waals surface area contributed by atoms with Crippen molar-refractivity contribution in [3.05, 3.63) is 64.2 Å². The van der Waals surface area contributed by atoms with Gasteiger partial charge in [-0.05, 0) is 30.2 Å². The van der Waals surface area contributed by atoms with Crippen LogP contribution in [0.25, 0.3) is 0 Å². The van der Waals surface area contributed by atoms with Gasteiger partial charge in [-0.1, -0.05) is 41.9 Å². The van der Waals surface area contributed by atoms with Gasteiger partial charge >= 0.3 is 0 Å². The summed E-state index contributed by atoms with van der Waals surface area (Å²) in [4.78, 5) is 0. The summed E-state index contributed by atoms with van der Waals surface area (Å²) in [7, 11) is 0. The second-order valence-corrected chi connectivity index (χ2v) is 5.38. The number of aliphatic hydroxyl groups excluding tert-OH is 1. The minimum Gasteiger partial charge on any atom is -0.507 e. The van der Waals surface area contributed by atoms with Gasteiger partial charge in [0.25, 0.3) is 0 Å². The highest BCUT2D eigenvalue weighted by atomic mass is 35.5. The van der Waals surface area contributed by atoms with Crippen molar-refractivity contribution < 1.29 is 10.2 Å². The quantitative estimate of drug-likeness (QED) is 0.806. The van der Waals surface area contributed by atoms with Crippen molar-refractivity contribution in [2.75, 3.05) is 0 Å². The second-order valence-electron chi connectivity index (χ2n) is 4.94. The standard InChI is InChI=1S/C16H18ClNO2.ClH/c1-10-7-12(17)9-13(16(10)20)15(18)14(19)8-11-5-3-2-4-6-11;/h2-7,9,14-15,19-20H,8,18H2,1H3;1H/t14-,15+;/m0./s1. The van der Waals surface area contributed by atoms with Gasteiger partial charge < -0.3 is 15.9 Å². The van der Waals surface area contributed by atoms with E-state index in [1.54, 1.807) is 19.1 Å². The van der Waals surface area contributed by atoms with Gasteiger partial charge in [-0.3, -0.25) is 0 Å². The molecule has 0 heterocycles. The summed E-state index contributed by atoms with van der Waals surface area (Å²) in [6.45, 7) is 1.75. The molecule has 0 aliphatic heterocycles. The summed E-state index contributed by atoms with van der Waals surface area (Å²) in [5.41, 5.74) is 8.17. The number of phenols is 1. The fourth-order valence-electron chi connectivity index (χ4n) is 2.21. The molecular formula is C16H19Cl2NO2. The van der Waals surface area contributed by atoms with Gasteiger partial charge in [0.2, 0.25) is 0 Å². The predicted molar refractivity (Wildman–Crippen MR) is 88.2 cm³/mol. The Labute approximate surface area is 135 Å². The summed E-state index contributed by atoms with van der Waals surface area (Å²) < 4.78 is 0. The van der Waals surface area contributed by atoms with Crippen LogP contribution in [0.4, 0.5) is 0 Å². The smallest absolute Gasteiger partial charge is 0.123 e. The van der Waals surface area contributed by atoms with E-state index >= 15 is 0 Å². The minimum absolute atomic E-state index is 0. The summed E-state index contributed by atoms with van der Waals surface area (Å²) in [5, 5.41) is 20.8. The minimum atomic E-state index is -0.791. The first-order valence-electron chi connectivity index (χ1n) is 6.45. The summed E-state index contributed by atoms with van der Waals surface area (Å²) in [5.74, 6) is 0.0917. The largest absolute Gasteiger partial charge is 0.507 e. The maximum absolute atomic E-state index is 10.3. The van der Waals surface area contributed by atoms with Crippen LogP contribution in [0.15, 0.2) is 42.5 Å². The second kappa shape index (κ2) is 7.66. The van der Waals surface area contributed by atoms with Crippen molar-refractivity contribution in [3.63, 3.8) is 0 Å². The molecule has 0 radical (unpaired) electrons. The first kappa shape index (κ1) is 17.8. The van der Waals surface area contributed by atoms with Gasteiger partial charge in [0.15, 0.2) is 0 Å². The van der Waals surface area contributed by atoms with Crippen LogP contribution < -0.4 is 5.73 Å². The van der Waals surface area contributed by atoms with Crippen molar-refractivity contribution in [2.24, 2.45) is 5.73 Å². The molecular weight excluding hydrogens is 309 g/mol. The number of halogens is 2. The molecule has 21 heavy (non-hydrogen) atoms. The molecule has 3 nitrogen and oxygen atoms in total. The highest BCUT2D eigenvalue weighted by molar-refractivity contribution is 6.30. The third-order valence-electron chi connectivity index (χ3n) is 3.36. The molecule has 0 aliphatic rings. The molecule has 0 saturated carbocycles. The Kier molecular flexibility index (Phi) is 6.49. The molecule has 0 unspecified atom stereocenters. The van der Waals surface area contributed by atoms with Gasteiger partial charge in [-0.25, -0.2) is 0 Å². The lowest BCUT2D eigenvalue weighted by molar-refractivity contribution is 0.143. The summed E-state index contributed by atoms with van der Waals surface area (Å²) in [6.07, 6.45) is -0.367. The summed E-state index contributed by atoms with van der Waals surface area (Å²) >= 11 is 5.98. The van der Waals surface area contributed by atoms with Crippen LogP contribution in [-0.2, 0) is 6.42 Å². The number of hydrogen-bond acceptors (Lipinski definition) is 3. The van der Waals surface area contributed by atoms with E-state index in [1.165, 1.54) is 0 Å².